The number of nitrogens with zero attached hydrogens (tertiary/aromatic N) is 1. The Morgan fingerprint density at radius 1 is 1.14 bits per heavy atom. The van der Waals surface area contributed by atoms with E-state index in [0.29, 0.717) is 39.5 Å². The average molecular weight is 446 g/mol. The summed E-state index contributed by atoms with van der Waals surface area (Å²) in [5.74, 6) is 0.590. The summed E-state index contributed by atoms with van der Waals surface area (Å²) in [6.07, 6.45) is 1.25. The molecule has 0 spiro atoms. The third kappa shape index (κ3) is 6.00. The molecule has 0 aliphatic heterocycles. The van der Waals surface area contributed by atoms with E-state index >= 15 is 0 Å². The van der Waals surface area contributed by atoms with Gasteiger partial charge < -0.3 is 10.6 Å². The van der Waals surface area contributed by atoms with E-state index in [4.69, 9.17) is 23.2 Å². The molecule has 1 aliphatic rings. The number of halogens is 5. The number of hydrogen-bond donors (Lipinski definition) is 2. The molecule has 29 heavy (non-hydrogen) atoms. The number of alkyl halides is 3. The maximum Gasteiger partial charge on any atom is 0.417 e. The predicted octanol–water partition coefficient (Wildman–Crippen LogP) is 6.54. The first kappa shape index (κ1) is 21.7. The van der Waals surface area contributed by atoms with Crippen LogP contribution in [0.25, 0.3) is 0 Å². The molecule has 1 saturated carbocycles. The van der Waals surface area contributed by atoms with Crippen LogP contribution in [-0.4, -0.2) is 10.9 Å². The van der Waals surface area contributed by atoms with E-state index in [1.165, 1.54) is 6.07 Å². The Bertz CT molecular complexity index is 843. The first-order valence-electron chi connectivity index (χ1n) is 9.27. The van der Waals surface area contributed by atoms with Gasteiger partial charge in [-0.05, 0) is 48.6 Å². The molecule has 0 atom stereocenters. The van der Waals surface area contributed by atoms with Crippen LogP contribution in [0.15, 0.2) is 30.5 Å². The number of pyridine rings is 1. The van der Waals surface area contributed by atoms with Crippen LogP contribution in [0.1, 0.15) is 43.2 Å². The van der Waals surface area contributed by atoms with Gasteiger partial charge in [-0.3, -0.25) is 4.79 Å². The fourth-order valence-electron chi connectivity index (χ4n) is 3.37. The van der Waals surface area contributed by atoms with E-state index in [2.05, 4.69) is 15.6 Å². The Morgan fingerprint density at radius 3 is 2.34 bits per heavy atom. The molecule has 0 bridgehead atoms. The van der Waals surface area contributed by atoms with Crippen molar-refractivity contribution in [1.29, 1.82) is 0 Å². The minimum Gasteiger partial charge on any atom is -0.366 e. The van der Waals surface area contributed by atoms with Gasteiger partial charge in [-0.25, -0.2) is 4.98 Å². The highest BCUT2D eigenvalue weighted by Gasteiger charge is 2.30. The highest BCUT2D eigenvalue weighted by molar-refractivity contribution is 6.39. The number of carbonyl (C=O) groups excluding carboxylic acids is 1. The van der Waals surface area contributed by atoms with Gasteiger partial charge in [0.2, 0.25) is 5.91 Å². The Balaban J connectivity index is 1.60. The van der Waals surface area contributed by atoms with E-state index in [-0.39, 0.29) is 12.5 Å². The molecule has 0 saturated heterocycles. The number of carbonyl (C=O) groups is 1. The van der Waals surface area contributed by atoms with Gasteiger partial charge in [-0.1, -0.05) is 36.0 Å². The zero-order valence-electron chi connectivity index (χ0n) is 15.5. The second-order valence-electron chi connectivity index (χ2n) is 7.12. The Hall–Kier alpha value is -1.99. The molecule has 9 heteroatoms. The fraction of sp³-hybridized carbons (Fsp3) is 0.400. The van der Waals surface area contributed by atoms with Gasteiger partial charge in [0.05, 0.1) is 21.3 Å². The minimum atomic E-state index is -4.43. The number of rotatable bonds is 6. The SMILES string of the molecule is O=C(CC1CCCC1)Nc1c(Cl)cc(CNc2ccc(C(F)(F)F)cn2)cc1Cl. The number of anilines is 2. The summed E-state index contributed by atoms with van der Waals surface area (Å²) < 4.78 is 37.7. The first-order chi connectivity index (χ1) is 13.7. The molecule has 1 aliphatic carbocycles. The predicted molar refractivity (Wildman–Crippen MR) is 108 cm³/mol. The third-order valence-corrected chi connectivity index (χ3v) is 5.48. The van der Waals surface area contributed by atoms with E-state index in [0.717, 1.165) is 37.9 Å². The molecule has 1 amide bonds. The van der Waals surface area contributed by atoms with Crippen molar-refractivity contribution in [1.82, 2.24) is 4.98 Å². The smallest absolute Gasteiger partial charge is 0.366 e. The molecule has 1 fully saturated rings. The molecule has 156 valence electrons. The Labute approximate surface area is 176 Å². The summed E-state index contributed by atoms with van der Waals surface area (Å²) in [7, 11) is 0. The lowest BCUT2D eigenvalue weighted by Crippen LogP contribution is -2.16. The van der Waals surface area contributed by atoms with E-state index < -0.39 is 11.7 Å². The summed E-state index contributed by atoms with van der Waals surface area (Å²) in [4.78, 5) is 16.0. The van der Waals surface area contributed by atoms with Crippen molar-refractivity contribution in [3.8, 4) is 0 Å². The highest BCUT2D eigenvalue weighted by atomic mass is 35.5. The van der Waals surface area contributed by atoms with Crippen LogP contribution in [0, 0.1) is 5.92 Å². The molecule has 2 N–H and O–H groups in total. The summed E-state index contributed by atoms with van der Waals surface area (Å²) in [6, 6.07) is 5.51. The topological polar surface area (TPSA) is 54.0 Å². The van der Waals surface area contributed by atoms with Gasteiger partial charge in [-0.15, -0.1) is 0 Å². The van der Waals surface area contributed by atoms with Crippen molar-refractivity contribution in [2.45, 2.75) is 44.8 Å². The molecule has 1 heterocycles. The molecule has 4 nitrogen and oxygen atoms in total. The fourth-order valence-corrected chi connectivity index (χ4v) is 4.00. The van der Waals surface area contributed by atoms with Gasteiger partial charge in [0.25, 0.3) is 0 Å². The van der Waals surface area contributed by atoms with Crippen LogP contribution in [0.3, 0.4) is 0 Å². The molecule has 0 unspecified atom stereocenters. The molecule has 1 aromatic heterocycles. The summed E-state index contributed by atoms with van der Waals surface area (Å²) in [5, 5.41) is 6.30. The molecular formula is C20H20Cl2F3N3O. The maximum absolute atomic E-state index is 12.6. The van der Waals surface area contributed by atoms with Crippen LogP contribution in [0.5, 0.6) is 0 Å². The standard InChI is InChI=1S/C20H20Cl2F3N3O/c21-15-7-13(10-26-17-6-5-14(11-27-17)20(23,24)25)8-16(22)19(15)28-18(29)9-12-3-1-2-4-12/h5-8,11-12H,1-4,9-10H2,(H,26,27)(H,28,29). The highest BCUT2D eigenvalue weighted by Crippen LogP contribution is 2.34. The lowest BCUT2D eigenvalue weighted by atomic mass is 10.0. The van der Waals surface area contributed by atoms with Crippen molar-refractivity contribution in [3.05, 3.63) is 51.6 Å². The summed E-state index contributed by atoms with van der Waals surface area (Å²) in [5.41, 5.74) is 0.259. The lowest BCUT2D eigenvalue weighted by molar-refractivity contribution is -0.137. The van der Waals surface area contributed by atoms with Crippen molar-refractivity contribution in [3.63, 3.8) is 0 Å². The third-order valence-electron chi connectivity index (χ3n) is 4.88. The lowest BCUT2D eigenvalue weighted by Gasteiger charge is -2.14. The van der Waals surface area contributed by atoms with Crippen LogP contribution >= 0.6 is 23.2 Å². The van der Waals surface area contributed by atoms with Crippen molar-refractivity contribution >= 4 is 40.6 Å². The van der Waals surface area contributed by atoms with Crippen LogP contribution in [0.2, 0.25) is 10.0 Å². The Morgan fingerprint density at radius 2 is 1.79 bits per heavy atom. The zero-order chi connectivity index (χ0) is 21.0. The molecule has 3 rings (SSSR count). The number of hydrogen-bond acceptors (Lipinski definition) is 3. The zero-order valence-corrected chi connectivity index (χ0v) is 17.0. The van der Waals surface area contributed by atoms with Gasteiger partial charge in [-0.2, -0.15) is 13.2 Å². The van der Waals surface area contributed by atoms with Gasteiger partial charge >= 0.3 is 6.18 Å². The first-order valence-corrected chi connectivity index (χ1v) is 10.0. The second-order valence-corrected chi connectivity index (χ2v) is 7.94. The normalized spacial score (nSPS) is 14.8. The molecule has 0 radical (unpaired) electrons. The minimum absolute atomic E-state index is 0.111. The summed E-state index contributed by atoms with van der Waals surface area (Å²) in [6.45, 7) is 0.258. The van der Waals surface area contributed by atoms with Crippen LogP contribution in [-0.2, 0) is 17.5 Å². The van der Waals surface area contributed by atoms with Gasteiger partial charge in [0, 0.05) is 19.2 Å². The van der Waals surface area contributed by atoms with Crippen molar-refractivity contribution < 1.29 is 18.0 Å². The molecule has 1 aromatic carbocycles. The second kappa shape index (κ2) is 9.22. The van der Waals surface area contributed by atoms with E-state index in [1.54, 1.807) is 12.1 Å². The molecule has 2 aromatic rings. The van der Waals surface area contributed by atoms with Crippen molar-refractivity contribution in [2.75, 3.05) is 10.6 Å². The van der Waals surface area contributed by atoms with E-state index in [1.807, 2.05) is 0 Å². The van der Waals surface area contributed by atoms with Gasteiger partial charge in [0.1, 0.15) is 5.82 Å². The Kier molecular flexibility index (Phi) is 6.90. The van der Waals surface area contributed by atoms with Crippen molar-refractivity contribution in [2.24, 2.45) is 5.92 Å². The maximum atomic E-state index is 12.6. The quantitative estimate of drug-likeness (QED) is 0.530. The average Bonchev–Trinajstić information content (AvgIpc) is 3.15. The summed E-state index contributed by atoms with van der Waals surface area (Å²) >= 11 is 12.6. The number of nitrogens with one attached hydrogen (secondary N) is 2. The number of aromatic nitrogens is 1. The molecular weight excluding hydrogens is 426 g/mol. The van der Waals surface area contributed by atoms with Crippen LogP contribution in [0.4, 0.5) is 24.7 Å². The monoisotopic (exact) mass is 445 g/mol. The van der Waals surface area contributed by atoms with E-state index in [9.17, 15) is 18.0 Å². The van der Waals surface area contributed by atoms with Crippen LogP contribution < -0.4 is 10.6 Å². The number of benzene rings is 1. The largest absolute Gasteiger partial charge is 0.417 e. The van der Waals surface area contributed by atoms with Gasteiger partial charge in [0.15, 0.2) is 0 Å². The number of amides is 1.